The van der Waals surface area contributed by atoms with Gasteiger partial charge in [0.15, 0.2) is 5.54 Å². The van der Waals surface area contributed by atoms with Gasteiger partial charge in [-0.05, 0) is 17.7 Å². The molecule has 1 atom stereocenters. The van der Waals surface area contributed by atoms with Crippen molar-refractivity contribution in [3.63, 3.8) is 0 Å². The molecule has 0 aromatic heterocycles. The van der Waals surface area contributed by atoms with Gasteiger partial charge in [0, 0.05) is 0 Å². The summed E-state index contributed by atoms with van der Waals surface area (Å²) in [6, 6.07) is 20.7. The third kappa shape index (κ3) is 2.68. The molecule has 2 N–H and O–H groups in total. The zero-order valence-electron chi connectivity index (χ0n) is 9.91. The average Bonchev–Trinajstić information content (AvgIpc) is 2.47. The summed E-state index contributed by atoms with van der Waals surface area (Å²) in [5.74, 6) is 0.707. The zero-order chi connectivity index (χ0) is 12.8. The smallest absolute Gasteiger partial charge is 0.164 e. The molecule has 2 aromatic carbocycles. The summed E-state index contributed by atoms with van der Waals surface area (Å²) >= 11 is 0. The normalized spacial score (nSPS) is 13.3. The fourth-order valence-electron chi connectivity index (χ4n) is 1.63. The Balaban J connectivity index is 2.13. The van der Waals surface area contributed by atoms with Gasteiger partial charge in [-0.3, -0.25) is 0 Å². The molecular formula is C15H14N2O. The first-order valence-electron chi connectivity index (χ1n) is 5.68. The van der Waals surface area contributed by atoms with Gasteiger partial charge in [-0.15, -0.1) is 0 Å². The van der Waals surface area contributed by atoms with Gasteiger partial charge in [0.25, 0.3) is 0 Å². The summed E-state index contributed by atoms with van der Waals surface area (Å²) in [5, 5.41) is 9.26. The second kappa shape index (κ2) is 5.35. The summed E-state index contributed by atoms with van der Waals surface area (Å²) in [6.07, 6.45) is 0. The van der Waals surface area contributed by atoms with Crippen molar-refractivity contribution in [1.82, 2.24) is 0 Å². The second-order valence-electron chi connectivity index (χ2n) is 4.05. The van der Waals surface area contributed by atoms with Gasteiger partial charge in [-0.1, -0.05) is 48.5 Å². The quantitative estimate of drug-likeness (QED) is 0.890. The Hall–Kier alpha value is -2.31. The first kappa shape index (κ1) is 12.2. The maximum atomic E-state index is 9.26. The lowest BCUT2D eigenvalue weighted by atomic mass is 9.94. The highest BCUT2D eigenvalue weighted by molar-refractivity contribution is 5.31. The summed E-state index contributed by atoms with van der Waals surface area (Å²) in [6.45, 7) is 0.123. The number of nitriles is 1. The molecule has 3 heteroatoms. The minimum atomic E-state index is -1.13. The third-order valence-electron chi connectivity index (χ3n) is 2.70. The molecule has 0 saturated carbocycles. The van der Waals surface area contributed by atoms with Crippen LogP contribution in [0.2, 0.25) is 0 Å². The largest absolute Gasteiger partial charge is 0.490 e. The number of hydrogen-bond donors (Lipinski definition) is 1. The van der Waals surface area contributed by atoms with E-state index in [-0.39, 0.29) is 6.61 Å². The van der Waals surface area contributed by atoms with E-state index in [2.05, 4.69) is 6.07 Å². The number of benzene rings is 2. The Kier molecular flexibility index (Phi) is 3.61. The molecule has 0 spiro atoms. The predicted molar refractivity (Wildman–Crippen MR) is 69.9 cm³/mol. The predicted octanol–water partition coefficient (Wildman–Crippen LogP) is 2.44. The van der Waals surface area contributed by atoms with E-state index in [0.29, 0.717) is 5.75 Å². The fourth-order valence-corrected chi connectivity index (χ4v) is 1.63. The van der Waals surface area contributed by atoms with E-state index in [0.717, 1.165) is 5.56 Å². The average molecular weight is 238 g/mol. The Morgan fingerprint density at radius 3 is 2.11 bits per heavy atom. The number of rotatable bonds is 4. The Morgan fingerprint density at radius 2 is 1.56 bits per heavy atom. The van der Waals surface area contributed by atoms with Crippen LogP contribution in [0.4, 0.5) is 0 Å². The van der Waals surface area contributed by atoms with Crippen LogP contribution in [0.1, 0.15) is 5.56 Å². The molecule has 0 heterocycles. The second-order valence-corrected chi connectivity index (χ2v) is 4.05. The molecule has 0 amide bonds. The van der Waals surface area contributed by atoms with Crippen molar-refractivity contribution in [2.75, 3.05) is 6.61 Å². The Morgan fingerprint density at radius 1 is 1.00 bits per heavy atom. The Labute approximate surface area is 106 Å². The molecule has 0 saturated heterocycles. The molecule has 0 aliphatic carbocycles. The SMILES string of the molecule is N#CC(N)(COc1ccccc1)c1ccccc1. The molecular weight excluding hydrogens is 224 g/mol. The minimum Gasteiger partial charge on any atom is -0.490 e. The molecule has 2 aromatic rings. The van der Waals surface area contributed by atoms with Crippen molar-refractivity contribution in [2.45, 2.75) is 5.54 Å². The van der Waals surface area contributed by atoms with Crippen molar-refractivity contribution in [3.8, 4) is 11.8 Å². The van der Waals surface area contributed by atoms with Gasteiger partial charge >= 0.3 is 0 Å². The molecule has 0 bridgehead atoms. The molecule has 0 radical (unpaired) electrons. The molecule has 3 nitrogen and oxygen atoms in total. The highest BCUT2D eigenvalue weighted by Gasteiger charge is 2.28. The first-order valence-corrected chi connectivity index (χ1v) is 5.68. The zero-order valence-corrected chi connectivity index (χ0v) is 9.91. The molecule has 18 heavy (non-hydrogen) atoms. The number of hydrogen-bond acceptors (Lipinski definition) is 3. The van der Waals surface area contributed by atoms with E-state index >= 15 is 0 Å². The number of ether oxygens (including phenoxy) is 1. The van der Waals surface area contributed by atoms with Gasteiger partial charge in [-0.2, -0.15) is 5.26 Å². The number of para-hydroxylation sites is 1. The number of nitrogens with two attached hydrogens (primary N) is 1. The van der Waals surface area contributed by atoms with Gasteiger partial charge in [0.05, 0.1) is 6.07 Å². The van der Waals surface area contributed by atoms with Gasteiger partial charge in [0.2, 0.25) is 0 Å². The molecule has 0 aliphatic heterocycles. The van der Waals surface area contributed by atoms with Crippen LogP contribution in [0.5, 0.6) is 5.75 Å². The van der Waals surface area contributed by atoms with Crippen LogP contribution in [0, 0.1) is 11.3 Å². The highest BCUT2D eigenvalue weighted by atomic mass is 16.5. The topological polar surface area (TPSA) is 59.0 Å². The molecule has 1 unspecified atom stereocenters. The Bertz CT molecular complexity index is 533. The van der Waals surface area contributed by atoms with Crippen molar-refractivity contribution >= 4 is 0 Å². The lowest BCUT2D eigenvalue weighted by Crippen LogP contribution is -2.41. The number of nitrogens with zero attached hydrogens (tertiary/aromatic N) is 1. The highest BCUT2D eigenvalue weighted by Crippen LogP contribution is 2.19. The third-order valence-corrected chi connectivity index (χ3v) is 2.70. The van der Waals surface area contributed by atoms with Gasteiger partial charge in [-0.25, -0.2) is 0 Å². The maximum Gasteiger partial charge on any atom is 0.164 e. The van der Waals surface area contributed by atoms with E-state index in [1.807, 2.05) is 60.7 Å². The maximum absolute atomic E-state index is 9.26. The van der Waals surface area contributed by atoms with Crippen LogP contribution >= 0.6 is 0 Å². The first-order chi connectivity index (χ1) is 8.74. The molecule has 90 valence electrons. The summed E-state index contributed by atoms with van der Waals surface area (Å²) < 4.78 is 5.57. The van der Waals surface area contributed by atoms with E-state index in [9.17, 15) is 5.26 Å². The van der Waals surface area contributed by atoms with E-state index in [1.54, 1.807) is 0 Å². The van der Waals surface area contributed by atoms with Crippen LogP contribution in [-0.2, 0) is 5.54 Å². The summed E-state index contributed by atoms with van der Waals surface area (Å²) in [7, 11) is 0. The molecule has 0 fully saturated rings. The van der Waals surface area contributed by atoms with Crippen LogP contribution in [0.3, 0.4) is 0 Å². The van der Waals surface area contributed by atoms with Crippen LogP contribution in [-0.4, -0.2) is 6.61 Å². The van der Waals surface area contributed by atoms with Crippen molar-refractivity contribution in [2.24, 2.45) is 5.73 Å². The summed E-state index contributed by atoms with van der Waals surface area (Å²) in [5.41, 5.74) is 5.71. The van der Waals surface area contributed by atoms with Crippen LogP contribution in [0.25, 0.3) is 0 Å². The summed E-state index contributed by atoms with van der Waals surface area (Å²) in [4.78, 5) is 0. The lowest BCUT2D eigenvalue weighted by Gasteiger charge is -2.22. The van der Waals surface area contributed by atoms with Gasteiger partial charge in [0.1, 0.15) is 12.4 Å². The standard InChI is InChI=1S/C15H14N2O/c16-11-15(17,13-7-3-1-4-8-13)12-18-14-9-5-2-6-10-14/h1-10H,12,17H2. The fraction of sp³-hybridized carbons (Fsp3) is 0.133. The van der Waals surface area contributed by atoms with Crippen molar-refractivity contribution in [1.29, 1.82) is 5.26 Å². The molecule has 2 rings (SSSR count). The van der Waals surface area contributed by atoms with Crippen LogP contribution < -0.4 is 10.5 Å². The van der Waals surface area contributed by atoms with Gasteiger partial charge < -0.3 is 10.5 Å². The lowest BCUT2D eigenvalue weighted by molar-refractivity contribution is 0.255. The van der Waals surface area contributed by atoms with Crippen molar-refractivity contribution < 1.29 is 4.74 Å². The molecule has 0 aliphatic rings. The van der Waals surface area contributed by atoms with E-state index < -0.39 is 5.54 Å². The van der Waals surface area contributed by atoms with E-state index in [4.69, 9.17) is 10.5 Å². The minimum absolute atomic E-state index is 0.123. The van der Waals surface area contributed by atoms with Crippen LogP contribution in [0.15, 0.2) is 60.7 Å². The van der Waals surface area contributed by atoms with Crippen molar-refractivity contribution in [3.05, 3.63) is 66.2 Å². The monoisotopic (exact) mass is 238 g/mol. The van der Waals surface area contributed by atoms with E-state index in [1.165, 1.54) is 0 Å².